The number of amides is 1. The Balaban J connectivity index is 1.50. The first-order valence-electron chi connectivity index (χ1n) is 10.3. The van der Waals surface area contributed by atoms with Gasteiger partial charge in [0.05, 0.1) is 12.6 Å². The van der Waals surface area contributed by atoms with E-state index in [1.165, 1.54) is 6.07 Å². The average molecular weight is 399 g/mol. The number of carbonyl (C=O) groups excluding carboxylic acids is 1. The van der Waals surface area contributed by atoms with E-state index in [4.69, 9.17) is 5.26 Å². The van der Waals surface area contributed by atoms with E-state index in [1.807, 2.05) is 47.4 Å². The number of carbonyl (C=O) groups is 1. The number of halogens is 1. The maximum atomic E-state index is 14.2. The fourth-order valence-corrected chi connectivity index (χ4v) is 4.97. The van der Waals surface area contributed by atoms with Crippen LogP contribution < -0.4 is 4.90 Å². The molecule has 2 aliphatic heterocycles. The van der Waals surface area contributed by atoms with Crippen LogP contribution in [0.3, 0.4) is 0 Å². The van der Waals surface area contributed by atoms with Crippen molar-refractivity contribution >= 4 is 22.4 Å². The van der Waals surface area contributed by atoms with Gasteiger partial charge in [-0.2, -0.15) is 5.26 Å². The molecule has 0 N–H and O–H groups in total. The van der Waals surface area contributed by atoms with E-state index in [0.29, 0.717) is 18.7 Å². The van der Waals surface area contributed by atoms with E-state index in [2.05, 4.69) is 11.0 Å². The fraction of sp³-hybridized carbons (Fsp3) is 0.280. The molecular formula is C25H22FN3O. The van der Waals surface area contributed by atoms with E-state index in [0.717, 1.165) is 48.0 Å². The summed E-state index contributed by atoms with van der Waals surface area (Å²) < 4.78 is 14.2. The molecule has 5 rings (SSSR count). The predicted molar refractivity (Wildman–Crippen MR) is 115 cm³/mol. The van der Waals surface area contributed by atoms with Crippen molar-refractivity contribution in [1.29, 1.82) is 5.26 Å². The molecule has 5 heteroatoms. The van der Waals surface area contributed by atoms with Crippen LogP contribution in [0.25, 0.3) is 10.8 Å². The van der Waals surface area contributed by atoms with Crippen molar-refractivity contribution in [3.63, 3.8) is 0 Å². The summed E-state index contributed by atoms with van der Waals surface area (Å²) in [6, 6.07) is 20.7. The van der Waals surface area contributed by atoms with Crippen LogP contribution in [-0.4, -0.2) is 37.0 Å². The van der Waals surface area contributed by atoms with Crippen molar-refractivity contribution in [1.82, 2.24) is 4.90 Å². The summed E-state index contributed by atoms with van der Waals surface area (Å²) in [5.74, 6) is -0.322. The van der Waals surface area contributed by atoms with Crippen LogP contribution in [-0.2, 0) is 5.41 Å². The molecule has 30 heavy (non-hydrogen) atoms. The maximum Gasteiger partial charge on any atom is 0.258 e. The van der Waals surface area contributed by atoms with Gasteiger partial charge in [0.25, 0.3) is 5.91 Å². The van der Waals surface area contributed by atoms with Crippen molar-refractivity contribution in [2.75, 3.05) is 31.1 Å². The second-order valence-electron chi connectivity index (χ2n) is 8.33. The maximum absolute atomic E-state index is 14.2. The van der Waals surface area contributed by atoms with E-state index < -0.39 is 0 Å². The minimum atomic E-state index is -0.271. The summed E-state index contributed by atoms with van der Waals surface area (Å²) in [5, 5.41) is 11.1. The fourth-order valence-electron chi connectivity index (χ4n) is 4.97. The molecule has 0 saturated carbocycles. The average Bonchev–Trinajstić information content (AvgIpc) is 3.08. The highest BCUT2D eigenvalue weighted by Gasteiger charge is 2.46. The Hall–Kier alpha value is -3.23. The molecule has 0 unspecified atom stereocenters. The Morgan fingerprint density at radius 2 is 1.80 bits per heavy atom. The molecule has 1 fully saturated rings. The second kappa shape index (κ2) is 7.23. The van der Waals surface area contributed by atoms with Crippen molar-refractivity contribution in [3.05, 3.63) is 77.6 Å². The van der Waals surface area contributed by atoms with Crippen molar-refractivity contribution in [3.8, 4) is 6.07 Å². The quantitative estimate of drug-likeness (QED) is 0.596. The first kappa shape index (κ1) is 18.8. The van der Waals surface area contributed by atoms with Crippen LogP contribution in [0.15, 0.2) is 60.7 Å². The number of likely N-dealkylation sites (tertiary alicyclic amines) is 1. The highest BCUT2D eigenvalue weighted by molar-refractivity contribution is 6.09. The van der Waals surface area contributed by atoms with Crippen LogP contribution in [0.1, 0.15) is 28.8 Å². The lowest BCUT2D eigenvalue weighted by molar-refractivity contribution is 0.0978. The Morgan fingerprint density at radius 3 is 2.57 bits per heavy atom. The zero-order valence-corrected chi connectivity index (χ0v) is 16.6. The Morgan fingerprint density at radius 1 is 1.03 bits per heavy atom. The summed E-state index contributed by atoms with van der Waals surface area (Å²) in [6.45, 7) is 2.52. The highest BCUT2D eigenvalue weighted by atomic mass is 19.1. The lowest BCUT2D eigenvalue weighted by Gasteiger charge is -2.39. The molecule has 3 aromatic carbocycles. The Labute approximate surface area is 175 Å². The number of hydrogen-bond donors (Lipinski definition) is 0. The molecule has 2 heterocycles. The zero-order chi connectivity index (χ0) is 20.7. The molecule has 0 aliphatic carbocycles. The highest BCUT2D eigenvalue weighted by Crippen LogP contribution is 2.47. The number of nitriles is 1. The van der Waals surface area contributed by atoms with Gasteiger partial charge in [-0.3, -0.25) is 9.69 Å². The molecule has 1 saturated heterocycles. The predicted octanol–water partition coefficient (Wildman–Crippen LogP) is 4.50. The third-order valence-electron chi connectivity index (χ3n) is 6.63. The summed E-state index contributed by atoms with van der Waals surface area (Å²) >= 11 is 0. The van der Waals surface area contributed by atoms with Gasteiger partial charge in [-0.15, -0.1) is 0 Å². The molecule has 3 aromatic rings. The van der Waals surface area contributed by atoms with Crippen molar-refractivity contribution in [2.45, 2.75) is 18.3 Å². The molecule has 150 valence electrons. The van der Waals surface area contributed by atoms with Gasteiger partial charge in [-0.05, 0) is 59.5 Å². The third-order valence-corrected chi connectivity index (χ3v) is 6.63. The molecule has 0 radical (unpaired) electrons. The lowest BCUT2D eigenvalue weighted by atomic mass is 9.74. The molecule has 0 bridgehead atoms. The topological polar surface area (TPSA) is 47.3 Å². The van der Waals surface area contributed by atoms with Crippen LogP contribution in [0.5, 0.6) is 0 Å². The number of benzene rings is 3. The number of hydrogen-bond acceptors (Lipinski definition) is 3. The van der Waals surface area contributed by atoms with Gasteiger partial charge >= 0.3 is 0 Å². The standard InChI is InChI=1S/C25H22FN3O/c26-21-7-8-23-22(16-21)25(9-12-28(13-10-25)14-11-27)17-29(23)24(30)20-6-5-18-3-1-2-4-19(18)15-20/h1-8,15-16H,9-10,12-14,17H2. The summed E-state index contributed by atoms with van der Waals surface area (Å²) in [5.41, 5.74) is 2.12. The number of anilines is 1. The molecule has 4 nitrogen and oxygen atoms in total. The van der Waals surface area contributed by atoms with Crippen LogP contribution >= 0.6 is 0 Å². The first-order valence-corrected chi connectivity index (χ1v) is 10.3. The third kappa shape index (κ3) is 3.05. The summed E-state index contributed by atoms with van der Waals surface area (Å²) in [4.78, 5) is 17.5. The van der Waals surface area contributed by atoms with Gasteiger partial charge in [0, 0.05) is 36.3 Å². The largest absolute Gasteiger partial charge is 0.307 e. The Bertz CT molecular complexity index is 1170. The minimum absolute atomic E-state index is 0.0510. The van der Waals surface area contributed by atoms with Crippen molar-refractivity contribution in [2.24, 2.45) is 0 Å². The molecule has 0 aromatic heterocycles. The van der Waals surface area contributed by atoms with Gasteiger partial charge in [-0.1, -0.05) is 30.3 Å². The van der Waals surface area contributed by atoms with Gasteiger partial charge in [-0.25, -0.2) is 4.39 Å². The summed E-state index contributed by atoms with van der Waals surface area (Å²) in [7, 11) is 0. The van der Waals surface area contributed by atoms with Gasteiger partial charge in [0.15, 0.2) is 0 Å². The van der Waals surface area contributed by atoms with Crippen molar-refractivity contribution < 1.29 is 9.18 Å². The van der Waals surface area contributed by atoms with E-state index >= 15 is 0 Å². The number of nitrogens with zero attached hydrogens (tertiary/aromatic N) is 3. The van der Waals surface area contributed by atoms with Gasteiger partial charge in [0.2, 0.25) is 0 Å². The van der Waals surface area contributed by atoms with Crippen LogP contribution in [0, 0.1) is 17.1 Å². The van der Waals surface area contributed by atoms with E-state index in [9.17, 15) is 9.18 Å². The monoisotopic (exact) mass is 399 g/mol. The zero-order valence-electron chi connectivity index (χ0n) is 16.6. The smallest absolute Gasteiger partial charge is 0.258 e. The normalized spacial score (nSPS) is 17.8. The van der Waals surface area contributed by atoms with E-state index in [-0.39, 0.29) is 17.1 Å². The number of rotatable bonds is 2. The second-order valence-corrected chi connectivity index (χ2v) is 8.33. The molecule has 1 spiro atoms. The SMILES string of the molecule is N#CCN1CCC2(CC1)CN(C(=O)c1ccc3ccccc3c1)c1ccc(F)cc12. The molecular weight excluding hydrogens is 377 g/mol. The lowest BCUT2D eigenvalue weighted by Crippen LogP contribution is -2.46. The Kier molecular flexibility index (Phi) is 4.52. The summed E-state index contributed by atoms with van der Waals surface area (Å²) in [6.07, 6.45) is 1.62. The van der Waals surface area contributed by atoms with E-state index in [1.54, 1.807) is 12.1 Å². The number of fused-ring (bicyclic) bond motifs is 3. The van der Waals surface area contributed by atoms with Crippen LogP contribution in [0.2, 0.25) is 0 Å². The minimum Gasteiger partial charge on any atom is -0.307 e. The first-order chi connectivity index (χ1) is 14.6. The van der Waals surface area contributed by atoms with Crippen LogP contribution in [0.4, 0.5) is 10.1 Å². The molecule has 2 aliphatic rings. The van der Waals surface area contributed by atoms with Gasteiger partial charge < -0.3 is 4.90 Å². The molecule has 1 amide bonds. The number of piperidine rings is 1. The molecule has 0 atom stereocenters. The van der Waals surface area contributed by atoms with Gasteiger partial charge in [0.1, 0.15) is 5.82 Å².